The van der Waals surface area contributed by atoms with Gasteiger partial charge >= 0.3 is 0 Å². The van der Waals surface area contributed by atoms with Crippen LogP contribution in [0, 0.1) is 0 Å². The standard InChI is InChI=1S/C11H10BrNO4/c1-15-10-7(5-13-6-14)11-9(4-8(10)12)16-2-3-17-11/h4H,2-3,5H2,1H3. The van der Waals surface area contributed by atoms with Crippen LogP contribution in [0.2, 0.25) is 0 Å². The molecule has 6 heteroatoms. The van der Waals surface area contributed by atoms with Gasteiger partial charge in [-0.3, -0.25) is 0 Å². The quantitative estimate of drug-likeness (QED) is 0.633. The molecule has 90 valence electrons. The van der Waals surface area contributed by atoms with Crippen LogP contribution in [0.15, 0.2) is 15.5 Å². The second-order valence-corrected chi connectivity index (χ2v) is 4.16. The van der Waals surface area contributed by atoms with Crippen LogP contribution < -0.4 is 14.2 Å². The number of carbonyl (C=O) groups excluding carboxylic acids is 1. The first-order valence-electron chi connectivity index (χ1n) is 4.96. The summed E-state index contributed by atoms with van der Waals surface area (Å²) in [5.74, 6) is 1.79. The van der Waals surface area contributed by atoms with Crippen molar-refractivity contribution in [1.82, 2.24) is 0 Å². The smallest absolute Gasteiger partial charge is 0.235 e. The van der Waals surface area contributed by atoms with Crippen molar-refractivity contribution in [1.29, 1.82) is 0 Å². The van der Waals surface area contributed by atoms with Gasteiger partial charge in [-0.1, -0.05) is 0 Å². The minimum Gasteiger partial charge on any atom is -0.495 e. The van der Waals surface area contributed by atoms with Crippen molar-refractivity contribution < 1.29 is 19.0 Å². The van der Waals surface area contributed by atoms with Gasteiger partial charge in [-0.15, -0.1) is 0 Å². The predicted molar refractivity (Wildman–Crippen MR) is 63.5 cm³/mol. The lowest BCUT2D eigenvalue weighted by atomic mass is 10.1. The lowest BCUT2D eigenvalue weighted by Crippen LogP contribution is -2.17. The third-order valence-corrected chi connectivity index (χ3v) is 2.93. The molecule has 0 atom stereocenters. The maximum absolute atomic E-state index is 10.2. The van der Waals surface area contributed by atoms with Gasteiger partial charge in [0.2, 0.25) is 6.08 Å². The Labute approximate surface area is 107 Å². The summed E-state index contributed by atoms with van der Waals surface area (Å²) in [5.41, 5.74) is 0.680. The van der Waals surface area contributed by atoms with Crippen molar-refractivity contribution in [2.24, 2.45) is 4.99 Å². The summed E-state index contributed by atoms with van der Waals surface area (Å²) < 4.78 is 17.0. The molecule has 0 spiro atoms. The summed E-state index contributed by atoms with van der Waals surface area (Å²) in [5, 5.41) is 0. The van der Waals surface area contributed by atoms with Gasteiger partial charge in [-0.05, 0) is 15.9 Å². The van der Waals surface area contributed by atoms with Crippen molar-refractivity contribution >= 4 is 22.0 Å². The van der Waals surface area contributed by atoms with Gasteiger partial charge in [0.15, 0.2) is 11.5 Å². The van der Waals surface area contributed by atoms with E-state index in [1.165, 1.54) is 6.08 Å². The second kappa shape index (κ2) is 5.21. The first kappa shape index (κ1) is 12.0. The van der Waals surface area contributed by atoms with Crippen molar-refractivity contribution in [3.05, 3.63) is 16.1 Å². The molecule has 0 aromatic heterocycles. The van der Waals surface area contributed by atoms with Crippen LogP contribution in [0.5, 0.6) is 17.2 Å². The molecular weight excluding hydrogens is 290 g/mol. The van der Waals surface area contributed by atoms with E-state index in [2.05, 4.69) is 20.9 Å². The Bertz CT molecular complexity index is 483. The van der Waals surface area contributed by atoms with Crippen LogP contribution in [-0.2, 0) is 11.3 Å². The zero-order chi connectivity index (χ0) is 12.3. The fourth-order valence-electron chi connectivity index (χ4n) is 1.68. The first-order valence-corrected chi connectivity index (χ1v) is 5.75. The molecular formula is C11H10BrNO4. The molecule has 1 aliphatic rings. The van der Waals surface area contributed by atoms with Gasteiger partial charge in [0.05, 0.1) is 23.7 Å². The van der Waals surface area contributed by atoms with E-state index in [0.29, 0.717) is 36.0 Å². The van der Waals surface area contributed by atoms with Crippen molar-refractivity contribution in [2.75, 3.05) is 20.3 Å². The number of ether oxygens (including phenoxy) is 3. The number of isocyanates is 1. The fraction of sp³-hybridized carbons (Fsp3) is 0.364. The highest BCUT2D eigenvalue weighted by atomic mass is 79.9. The molecule has 1 aromatic rings. The van der Waals surface area contributed by atoms with Gasteiger partial charge in [-0.25, -0.2) is 9.79 Å². The van der Waals surface area contributed by atoms with E-state index in [-0.39, 0.29) is 6.54 Å². The molecule has 5 nitrogen and oxygen atoms in total. The fourth-order valence-corrected chi connectivity index (χ4v) is 2.29. The molecule has 0 fully saturated rings. The topological polar surface area (TPSA) is 57.1 Å². The number of rotatable bonds is 3. The Morgan fingerprint density at radius 2 is 2.29 bits per heavy atom. The summed E-state index contributed by atoms with van der Waals surface area (Å²) >= 11 is 3.38. The SMILES string of the molecule is COc1c(Br)cc2c(c1CN=C=O)OCCO2. The lowest BCUT2D eigenvalue weighted by molar-refractivity contribution is 0.169. The molecule has 0 radical (unpaired) electrons. The minimum atomic E-state index is 0.151. The predicted octanol–water partition coefficient (Wildman–Crippen LogP) is 2.06. The highest BCUT2D eigenvalue weighted by molar-refractivity contribution is 9.10. The average molecular weight is 300 g/mol. The van der Waals surface area contributed by atoms with E-state index in [0.717, 1.165) is 4.47 Å². The van der Waals surface area contributed by atoms with Gasteiger partial charge < -0.3 is 14.2 Å². The first-order chi connectivity index (χ1) is 8.27. The maximum Gasteiger partial charge on any atom is 0.235 e. The number of hydrogen-bond acceptors (Lipinski definition) is 5. The molecule has 1 heterocycles. The summed E-state index contributed by atoms with van der Waals surface area (Å²) in [6, 6.07) is 1.78. The number of halogens is 1. The van der Waals surface area contributed by atoms with E-state index < -0.39 is 0 Å². The molecule has 1 aliphatic heterocycles. The van der Waals surface area contributed by atoms with E-state index >= 15 is 0 Å². The maximum atomic E-state index is 10.2. The number of fused-ring (bicyclic) bond motifs is 1. The highest BCUT2D eigenvalue weighted by Crippen LogP contribution is 2.44. The molecule has 0 saturated carbocycles. The monoisotopic (exact) mass is 299 g/mol. The van der Waals surface area contributed by atoms with Crippen LogP contribution in [0.4, 0.5) is 0 Å². The lowest BCUT2D eigenvalue weighted by Gasteiger charge is -2.22. The molecule has 1 aromatic carbocycles. The largest absolute Gasteiger partial charge is 0.495 e. The number of hydrogen-bond donors (Lipinski definition) is 0. The van der Waals surface area contributed by atoms with E-state index in [9.17, 15) is 4.79 Å². The van der Waals surface area contributed by atoms with E-state index in [1.54, 1.807) is 13.2 Å². The molecule has 0 aliphatic carbocycles. The Hall–Kier alpha value is -1.52. The Kier molecular flexibility index (Phi) is 3.66. The zero-order valence-corrected chi connectivity index (χ0v) is 10.7. The van der Waals surface area contributed by atoms with Crippen LogP contribution >= 0.6 is 15.9 Å². The zero-order valence-electron chi connectivity index (χ0n) is 9.16. The van der Waals surface area contributed by atoms with Crippen LogP contribution in [0.1, 0.15) is 5.56 Å². The van der Waals surface area contributed by atoms with Crippen LogP contribution in [0.25, 0.3) is 0 Å². The number of nitrogens with zero attached hydrogens (tertiary/aromatic N) is 1. The van der Waals surface area contributed by atoms with Crippen molar-refractivity contribution in [3.63, 3.8) is 0 Å². The molecule has 2 rings (SSSR count). The Morgan fingerprint density at radius 1 is 1.53 bits per heavy atom. The third kappa shape index (κ3) is 2.28. The van der Waals surface area contributed by atoms with Crippen molar-refractivity contribution in [2.45, 2.75) is 6.54 Å². The highest BCUT2D eigenvalue weighted by Gasteiger charge is 2.22. The summed E-state index contributed by atoms with van der Waals surface area (Å²) in [6.07, 6.45) is 1.50. The van der Waals surface area contributed by atoms with Crippen LogP contribution in [-0.4, -0.2) is 26.4 Å². The van der Waals surface area contributed by atoms with Gasteiger partial charge in [-0.2, -0.15) is 0 Å². The molecule has 0 unspecified atom stereocenters. The summed E-state index contributed by atoms with van der Waals surface area (Å²) in [4.78, 5) is 13.8. The van der Waals surface area contributed by atoms with E-state index in [4.69, 9.17) is 14.2 Å². The Balaban J connectivity index is 2.56. The summed E-state index contributed by atoms with van der Waals surface area (Å²) in [6.45, 7) is 1.12. The molecule has 0 saturated heterocycles. The minimum absolute atomic E-state index is 0.151. The van der Waals surface area contributed by atoms with Gasteiger partial charge in [0.1, 0.15) is 19.0 Å². The third-order valence-electron chi connectivity index (χ3n) is 2.34. The molecule has 0 amide bonds. The second-order valence-electron chi connectivity index (χ2n) is 3.30. The summed E-state index contributed by atoms with van der Waals surface area (Å²) in [7, 11) is 1.55. The number of aliphatic imine (C=N–C) groups is 1. The number of benzene rings is 1. The average Bonchev–Trinajstić information content (AvgIpc) is 2.35. The van der Waals surface area contributed by atoms with Gasteiger partial charge in [0.25, 0.3) is 0 Å². The molecule has 0 bridgehead atoms. The van der Waals surface area contributed by atoms with Gasteiger partial charge in [0, 0.05) is 6.07 Å². The van der Waals surface area contributed by atoms with Crippen LogP contribution in [0.3, 0.4) is 0 Å². The number of methoxy groups -OCH3 is 1. The van der Waals surface area contributed by atoms with E-state index in [1.807, 2.05) is 0 Å². The molecule has 0 N–H and O–H groups in total. The van der Waals surface area contributed by atoms with Crippen molar-refractivity contribution in [3.8, 4) is 17.2 Å². The molecule has 17 heavy (non-hydrogen) atoms. The normalized spacial score (nSPS) is 12.8. The Morgan fingerprint density at radius 3 is 3.00 bits per heavy atom.